The molecule has 1 atom stereocenters. The Balaban J connectivity index is 0.000000237. The average Bonchev–Trinajstić information content (AvgIpc) is 3.03. The van der Waals surface area contributed by atoms with Crippen molar-refractivity contribution in [2.45, 2.75) is 46.6 Å². The summed E-state index contributed by atoms with van der Waals surface area (Å²) in [6.07, 6.45) is 1.77. The van der Waals surface area contributed by atoms with Crippen molar-refractivity contribution >= 4 is 50.4 Å². The molecule has 0 fully saturated rings. The summed E-state index contributed by atoms with van der Waals surface area (Å²) in [6, 6.07) is 40.1. The SMILES string of the molecule is CC(C)C(=O)CNC=O.CC(Cc1ccccc1)NC(=O)Cc1cc2ccc3cccc4ccc(c1)c2c34.Cc1ccccc1. The van der Waals surface area contributed by atoms with E-state index in [1.165, 1.54) is 43.4 Å². The molecule has 5 heteroatoms. The number of nitrogens with one attached hydrogen (secondary N) is 2. The summed E-state index contributed by atoms with van der Waals surface area (Å²) >= 11 is 0. The van der Waals surface area contributed by atoms with Crippen LogP contribution in [0.2, 0.25) is 0 Å². The van der Waals surface area contributed by atoms with Crippen LogP contribution in [0.3, 0.4) is 0 Å². The number of ketones is 1. The first-order chi connectivity index (χ1) is 21.7. The summed E-state index contributed by atoms with van der Waals surface area (Å²) in [4.78, 5) is 33.0. The van der Waals surface area contributed by atoms with Gasteiger partial charge in [0.25, 0.3) is 0 Å². The summed E-state index contributed by atoms with van der Waals surface area (Å²) in [5.41, 5.74) is 3.62. The molecular formula is C40H42N2O3. The van der Waals surface area contributed by atoms with E-state index in [1.807, 2.05) is 36.4 Å². The van der Waals surface area contributed by atoms with Crippen molar-refractivity contribution < 1.29 is 14.4 Å². The van der Waals surface area contributed by atoms with E-state index in [0.717, 1.165) is 12.0 Å². The number of carbonyl (C=O) groups is 3. The summed E-state index contributed by atoms with van der Waals surface area (Å²) in [5, 5.41) is 13.0. The van der Waals surface area contributed by atoms with Crippen LogP contribution in [-0.2, 0) is 27.2 Å². The Morgan fingerprint density at radius 1 is 0.667 bits per heavy atom. The van der Waals surface area contributed by atoms with E-state index >= 15 is 0 Å². The maximum absolute atomic E-state index is 12.6. The largest absolute Gasteiger partial charge is 0.353 e. The molecule has 0 saturated carbocycles. The molecule has 230 valence electrons. The Kier molecular flexibility index (Phi) is 11.8. The second-order valence-electron chi connectivity index (χ2n) is 11.7. The monoisotopic (exact) mass is 598 g/mol. The van der Waals surface area contributed by atoms with E-state index in [9.17, 15) is 14.4 Å². The van der Waals surface area contributed by atoms with Crippen molar-refractivity contribution in [1.82, 2.24) is 10.6 Å². The number of hydrogen-bond acceptors (Lipinski definition) is 3. The number of rotatable bonds is 9. The van der Waals surface area contributed by atoms with Gasteiger partial charge in [0.1, 0.15) is 0 Å². The Labute approximate surface area is 266 Å². The molecule has 6 aromatic rings. The summed E-state index contributed by atoms with van der Waals surface area (Å²) < 4.78 is 0. The minimum Gasteiger partial charge on any atom is -0.353 e. The second-order valence-corrected chi connectivity index (χ2v) is 11.7. The van der Waals surface area contributed by atoms with Gasteiger partial charge in [-0.15, -0.1) is 0 Å². The molecule has 2 N–H and O–H groups in total. The van der Waals surface area contributed by atoms with Gasteiger partial charge in [0, 0.05) is 12.0 Å². The minimum atomic E-state index is 0.0115. The lowest BCUT2D eigenvalue weighted by atomic mass is 9.92. The topological polar surface area (TPSA) is 75.3 Å². The number of carbonyl (C=O) groups excluding carboxylic acids is 3. The standard InChI is InChI=1S/C27H23NO.C7H8.C6H11NO2/c1-18(14-19-6-3-2-4-7-19)28-25(29)17-20-15-23-12-10-21-8-5-9-22-11-13-24(16-20)27(23)26(21)22;1-7-5-3-2-4-6-7;1-5(2)6(9)3-7-4-8/h2-13,15-16,18H,14,17H2,1H3,(H,28,29);2-6H,1H3;4-5H,3H2,1-2H3,(H,7,8). The van der Waals surface area contributed by atoms with Crippen molar-refractivity contribution in [3.8, 4) is 0 Å². The normalized spacial score (nSPS) is 11.3. The predicted molar refractivity (Wildman–Crippen MR) is 187 cm³/mol. The quantitative estimate of drug-likeness (QED) is 0.132. The third-order valence-electron chi connectivity index (χ3n) is 7.62. The van der Waals surface area contributed by atoms with Crippen LogP contribution in [0.15, 0.2) is 115 Å². The number of benzene rings is 6. The number of Topliss-reactive ketones (excluding diaryl/α,β-unsaturated/α-hetero) is 1. The predicted octanol–water partition coefficient (Wildman–Crippen LogP) is 7.83. The highest BCUT2D eigenvalue weighted by Gasteiger charge is 2.13. The molecular weight excluding hydrogens is 556 g/mol. The summed E-state index contributed by atoms with van der Waals surface area (Å²) in [7, 11) is 0. The van der Waals surface area contributed by atoms with Crippen molar-refractivity contribution in [3.05, 3.63) is 132 Å². The molecule has 0 aromatic heterocycles. The third kappa shape index (κ3) is 9.48. The van der Waals surface area contributed by atoms with Crippen LogP contribution in [0.25, 0.3) is 32.3 Å². The van der Waals surface area contributed by atoms with Crippen molar-refractivity contribution in [1.29, 1.82) is 0 Å². The van der Waals surface area contributed by atoms with Gasteiger partial charge in [-0.3, -0.25) is 14.4 Å². The first-order valence-electron chi connectivity index (χ1n) is 15.5. The van der Waals surface area contributed by atoms with Crippen LogP contribution in [0.4, 0.5) is 0 Å². The second kappa shape index (κ2) is 16.2. The zero-order chi connectivity index (χ0) is 32.2. The highest BCUT2D eigenvalue weighted by Crippen LogP contribution is 2.35. The van der Waals surface area contributed by atoms with Gasteiger partial charge in [0.2, 0.25) is 12.3 Å². The van der Waals surface area contributed by atoms with Crippen molar-refractivity contribution in [2.24, 2.45) is 5.92 Å². The Morgan fingerprint density at radius 2 is 1.20 bits per heavy atom. The van der Waals surface area contributed by atoms with Crippen LogP contribution in [-0.4, -0.2) is 30.7 Å². The zero-order valence-electron chi connectivity index (χ0n) is 26.5. The molecule has 2 amide bonds. The molecule has 0 aliphatic heterocycles. The molecule has 0 aliphatic rings. The van der Waals surface area contributed by atoms with Crippen LogP contribution >= 0.6 is 0 Å². The Hall–Kier alpha value is -5.03. The smallest absolute Gasteiger partial charge is 0.224 e. The van der Waals surface area contributed by atoms with Crippen molar-refractivity contribution in [2.75, 3.05) is 6.54 Å². The number of amides is 2. The van der Waals surface area contributed by atoms with Crippen molar-refractivity contribution in [3.63, 3.8) is 0 Å². The molecule has 0 spiro atoms. The average molecular weight is 599 g/mol. The lowest BCUT2D eigenvalue weighted by Gasteiger charge is -2.15. The van der Waals surface area contributed by atoms with Gasteiger partial charge < -0.3 is 10.6 Å². The van der Waals surface area contributed by atoms with E-state index in [2.05, 4.69) is 103 Å². The molecule has 6 rings (SSSR count). The van der Waals surface area contributed by atoms with E-state index in [1.54, 1.807) is 13.8 Å². The molecule has 6 aromatic carbocycles. The van der Waals surface area contributed by atoms with Crippen LogP contribution in [0.1, 0.15) is 37.5 Å². The van der Waals surface area contributed by atoms with E-state index in [0.29, 0.717) is 12.8 Å². The molecule has 0 heterocycles. The van der Waals surface area contributed by atoms with E-state index < -0.39 is 0 Å². The highest BCUT2D eigenvalue weighted by atomic mass is 16.2. The molecule has 5 nitrogen and oxygen atoms in total. The van der Waals surface area contributed by atoms with Gasteiger partial charge in [0.05, 0.1) is 13.0 Å². The van der Waals surface area contributed by atoms with E-state index in [-0.39, 0.29) is 30.2 Å². The van der Waals surface area contributed by atoms with Crippen LogP contribution in [0, 0.1) is 12.8 Å². The molecule has 0 saturated heterocycles. The third-order valence-corrected chi connectivity index (χ3v) is 7.62. The maximum Gasteiger partial charge on any atom is 0.224 e. The van der Waals surface area contributed by atoms with Crippen LogP contribution in [0.5, 0.6) is 0 Å². The molecule has 1 unspecified atom stereocenters. The highest BCUT2D eigenvalue weighted by molar-refractivity contribution is 6.23. The van der Waals surface area contributed by atoms with Gasteiger partial charge in [-0.1, -0.05) is 135 Å². The van der Waals surface area contributed by atoms with Gasteiger partial charge in [-0.2, -0.15) is 0 Å². The van der Waals surface area contributed by atoms with Crippen LogP contribution < -0.4 is 10.6 Å². The molecule has 0 bridgehead atoms. The maximum atomic E-state index is 12.6. The Morgan fingerprint density at radius 3 is 1.71 bits per heavy atom. The molecule has 45 heavy (non-hydrogen) atoms. The fourth-order valence-electron chi connectivity index (χ4n) is 5.33. The Bertz CT molecular complexity index is 1770. The number of hydrogen-bond donors (Lipinski definition) is 2. The summed E-state index contributed by atoms with van der Waals surface area (Å²) in [6.45, 7) is 7.90. The van der Waals surface area contributed by atoms with E-state index in [4.69, 9.17) is 0 Å². The number of aryl methyl sites for hydroxylation is 1. The van der Waals surface area contributed by atoms with Gasteiger partial charge in [0.15, 0.2) is 5.78 Å². The molecule has 0 radical (unpaired) electrons. The minimum absolute atomic E-state index is 0.0115. The fraction of sp³-hybridized carbons (Fsp3) is 0.225. The lowest BCUT2D eigenvalue weighted by Crippen LogP contribution is -2.35. The van der Waals surface area contributed by atoms with Gasteiger partial charge in [-0.05, 0) is 63.7 Å². The fourth-order valence-corrected chi connectivity index (χ4v) is 5.33. The first-order valence-corrected chi connectivity index (χ1v) is 15.5. The zero-order valence-corrected chi connectivity index (χ0v) is 26.5. The van der Waals surface area contributed by atoms with Gasteiger partial charge in [-0.25, -0.2) is 0 Å². The summed E-state index contributed by atoms with van der Waals surface area (Å²) in [5.74, 6) is 0.140. The lowest BCUT2D eigenvalue weighted by molar-refractivity contribution is -0.122. The van der Waals surface area contributed by atoms with Gasteiger partial charge >= 0.3 is 0 Å². The first kappa shape index (κ1) is 32.9. The molecule has 0 aliphatic carbocycles.